The molecule has 2 aromatic carbocycles. The molecule has 1 amide bonds. The van der Waals surface area contributed by atoms with Crippen molar-refractivity contribution >= 4 is 17.4 Å². The Kier molecular flexibility index (Phi) is 6.91. The summed E-state index contributed by atoms with van der Waals surface area (Å²) in [5, 5.41) is 11.2. The number of aliphatic hydroxyl groups is 1. The van der Waals surface area contributed by atoms with Crippen molar-refractivity contribution < 1.29 is 23.8 Å². The highest BCUT2D eigenvalue weighted by Crippen LogP contribution is 2.40. The fourth-order valence-corrected chi connectivity index (χ4v) is 4.53. The van der Waals surface area contributed by atoms with E-state index in [1.807, 2.05) is 26.0 Å². The molecule has 2 heterocycles. The summed E-state index contributed by atoms with van der Waals surface area (Å²) in [6.45, 7) is 7.94. The molecule has 0 bridgehead atoms. The monoisotopic (exact) mass is 452 g/mol. The number of ether oxygens (including phenoxy) is 1. The standard InChI is InChI=1S/C26H29FN2O4/c1-17-4-5-18(2)21(16-17)24(30)22-23(19-6-8-20(27)9-7-19)29(26(32)25(22)31)11-3-10-28-12-14-33-15-13-28/h4-9,16,23,30H,3,10-15H2,1-2H3/b24-22-. The lowest BCUT2D eigenvalue weighted by molar-refractivity contribution is -0.140. The number of ketones is 1. The lowest BCUT2D eigenvalue weighted by Gasteiger charge is -2.29. The Bertz CT molecular complexity index is 1070. The van der Waals surface area contributed by atoms with Crippen LogP contribution in [0.4, 0.5) is 4.39 Å². The number of rotatable bonds is 6. The van der Waals surface area contributed by atoms with Gasteiger partial charge < -0.3 is 14.7 Å². The largest absolute Gasteiger partial charge is 0.507 e. The molecule has 2 saturated heterocycles. The highest BCUT2D eigenvalue weighted by atomic mass is 19.1. The maximum Gasteiger partial charge on any atom is 0.295 e. The van der Waals surface area contributed by atoms with Crippen LogP contribution in [-0.2, 0) is 14.3 Å². The Morgan fingerprint density at radius 2 is 1.76 bits per heavy atom. The molecule has 174 valence electrons. The van der Waals surface area contributed by atoms with Crippen molar-refractivity contribution in [1.29, 1.82) is 0 Å². The topological polar surface area (TPSA) is 70.1 Å². The van der Waals surface area contributed by atoms with Crippen molar-refractivity contribution in [1.82, 2.24) is 9.80 Å². The van der Waals surface area contributed by atoms with Crippen molar-refractivity contribution in [3.63, 3.8) is 0 Å². The maximum absolute atomic E-state index is 13.6. The van der Waals surface area contributed by atoms with Crippen molar-refractivity contribution in [3.05, 3.63) is 76.1 Å². The van der Waals surface area contributed by atoms with Crippen molar-refractivity contribution in [3.8, 4) is 0 Å². The van der Waals surface area contributed by atoms with Crippen LogP contribution in [0.15, 0.2) is 48.0 Å². The molecule has 2 fully saturated rings. The molecule has 2 aromatic rings. The molecule has 1 unspecified atom stereocenters. The van der Waals surface area contributed by atoms with Gasteiger partial charge in [0.05, 0.1) is 24.8 Å². The number of carbonyl (C=O) groups excluding carboxylic acids is 2. The summed E-state index contributed by atoms with van der Waals surface area (Å²) in [5.74, 6) is -1.95. The number of benzene rings is 2. The van der Waals surface area contributed by atoms with E-state index in [2.05, 4.69) is 4.90 Å². The molecule has 0 aliphatic carbocycles. The van der Waals surface area contributed by atoms with Crippen LogP contribution in [0.3, 0.4) is 0 Å². The molecule has 33 heavy (non-hydrogen) atoms. The summed E-state index contributed by atoms with van der Waals surface area (Å²) in [6, 6.07) is 10.6. The molecule has 0 spiro atoms. The second-order valence-corrected chi connectivity index (χ2v) is 8.67. The van der Waals surface area contributed by atoms with Gasteiger partial charge in [-0.25, -0.2) is 4.39 Å². The third-order valence-corrected chi connectivity index (χ3v) is 6.35. The van der Waals surface area contributed by atoms with Crippen molar-refractivity contribution in [2.45, 2.75) is 26.3 Å². The Morgan fingerprint density at radius 1 is 1.06 bits per heavy atom. The first-order valence-electron chi connectivity index (χ1n) is 11.3. The first kappa shape index (κ1) is 23.1. The molecule has 2 aliphatic heterocycles. The Labute approximate surface area is 193 Å². The minimum absolute atomic E-state index is 0.0479. The molecule has 1 atom stereocenters. The summed E-state index contributed by atoms with van der Waals surface area (Å²) in [5.41, 5.74) is 2.89. The summed E-state index contributed by atoms with van der Waals surface area (Å²) in [7, 11) is 0. The molecular weight excluding hydrogens is 423 g/mol. The minimum atomic E-state index is -0.768. The first-order valence-corrected chi connectivity index (χ1v) is 11.3. The van der Waals surface area contributed by atoms with Gasteiger partial charge in [0, 0.05) is 31.7 Å². The fraction of sp³-hybridized carbons (Fsp3) is 0.385. The van der Waals surface area contributed by atoms with E-state index in [1.165, 1.54) is 17.0 Å². The molecule has 4 rings (SSSR count). The number of carbonyl (C=O) groups is 2. The van der Waals surface area contributed by atoms with Gasteiger partial charge in [-0.2, -0.15) is 0 Å². The predicted octanol–water partition coefficient (Wildman–Crippen LogP) is 3.59. The number of amides is 1. The average Bonchev–Trinajstić information content (AvgIpc) is 3.06. The molecule has 7 heteroatoms. The van der Waals surface area contributed by atoms with E-state index in [0.29, 0.717) is 37.3 Å². The van der Waals surface area contributed by atoms with Crippen LogP contribution in [0.1, 0.15) is 34.7 Å². The number of halogens is 1. The van der Waals surface area contributed by atoms with Crippen LogP contribution >= 0.6 is 0 Å². The quantitative estimate of drug-likeness (QED) is 0.412. The van der Waals surface area contributed by atoms with E-state index in [4.69, 9.17) is 4.74 Å². The van der Waals surface area contributed by atoms with Gasteiger partial charge in [-0.05, 0) is 49.6 Å². The van der Waals surface area contributed by atoms with Crippen LogP contribution < -0.4 is 0 Å². The Morgan fingerprint density at radius 3 is 2.45 bits per heavy atom. The second-order valence-electron chi connectivity index (χ2n) is 8.67. The molecule has 0 saturated carbocycles. The zero-order chi connectivity index (χ0) is 23.5. The predicted molar refractivity (Wildman–Crippen MR) is 123 cm³/mol. The minimum Gasteiger partial charge on any atom is -0.507 e. The molecule has 0 aromatic heterocycles. The van der Waals surface area contributed by atoms with Crippen LogP contribution in [-0.4, -0.2) is 66.0 Å². The van der Waals surface area contributed by atoms with Gasteiger partial charge in [0.25, 0.3) is 11.7 Å². The fourth-order valence-electron chi connectivity index (χ4n) is 4.53. The Balaban J connectivity index is 1.70. The zero-order valence-electron chi connectivity index (χ0n) is 19.0. The number of hydrogen-bond acceptors (Lipinski definition) is 5. The summed E-state index contributed by atoms with van der Waals surface area (Å²) < 4.78 is 19.0. The lowest BCUT2D eigenvalue weighted by Crippen LogP contribution is -2.38. The summed E-state index contributed by atoms with van der Waals surface area (Å²) >= 11 is 0. The number of likely N-dealkylation sites (tertiary alicyclic amines) is 1. The van der Waals surface area contributed by atoms with Crippen molar-refractivity contribution in [2.75, 3.05) is 39.4 Å². The van der Waals surface area contributed by atoms with Crippen LogP contribution in [0.5, 0.6) is 0 Å². The molecule has 0 radical (unpaired) electrons. The number of morpholine rings is 1. The second kappa shape index (κ2) is 9.85. The average molecular weight is 453 g/mol. The normalized spacial score (nSPS) is 21.1. The van der Waals surface area contributed by atoms with Gasteiger partial charge in [0.2, 0.25) is 0 Å². The lowest BCUT2D eigenvalue weighted by atomic mass is 9.93. The van der Waals surface area contributed by atoms with E-state index in [0.717, 1.165) is 30.8 Å². The Hall–Kier alpha value is -3.03. The van der Waals surface area contributed by atoms with Gasteiger partial charge in [-0.3, -0.25) is 14.5 Å². The number of Topliss-reactive ketones (excluding diaryl/α,β-unsaturated/α-hetero) is 1. The molecule has 2 aliphatic rings. The van der Waals surface area contributed by atoms with E-state index < -0.39 is 23.5 Å². The zero-order valence-corrected chi connectivity index (χ0v) is 19.0. The smallest absolute Gasteiger partial charge is 0.295 e. The van der Waals surface area contributed by atoms with Crippen LogP contribution in [0, 0.1) is 19.7 Å². The van der Waals surface area contributed by atoms with E-state index in [-0.39, 0.29) is 11.3 Å². The highest BCUT2D eigenvalue weighted by molar-refractivity contribution is 6.46. The first-order chi connectivity index (χ1) is 15.9. The van der Waals surface area contributed by atoms with Gasteiger partial charge in [-0.1, -0.05) is 29.8 Å². The van der Waals surface area contributed by atoms with Gasteiger partial charge in [0.1, 0.15) is 11.6 Å². The maximum atomic E-state index is 13.6. The third kappa shape index (κ3) is 4.84. The summed E-state index contributed by atoms with van der Waals surface area (Å²) in [6.07, 6.45) is 0.675. The molecule has 1 N–H and O–H groups in total. The van der Waals surface area contributed by atoms with E-state index in [9.17, 15) is 19.1 Å². The van der Waals surface area contributed by atoms with E-state index in [1.54, 1.807) is 18.2 Å². The van der Waals surface area contributed by atoms with Crippen LogP contribution in [0.25, 0.3) is 5.76 Å². The molecular formula is C26H29FN2O4. The highest BCUT2D eigenvalue weighted by Gasteiger charge is 2.46. The van der Waals surface area contributed by atoms with Crippen molar-refractivity contribution in [2.24, 2.45) is 0 Å². The third-order valence-electron chi connectivity index (χ3n) is 6.35. The van der Waals surface area contributed by atoms with Gasteiger partial charge in [0.15, 0.2) is 0 Å². The van der Waals surface area contributed by atoms with E-state index >= 15 is 0 Å². The SMILES string of the molecule is Cc1ccc(C)c(/C(O)=C2/C(=O)C(=O)N(CCCN3CCOCC3)C2c2ccc(F)cc2)c1. The number of nitrogens with zero attached hydrogens (tertiary/aromatic N) is 2. The van der Waals surface area contributed by atoms with Gasteiger partial charge in [-0.15, -0.1) is 0 Å². The number of aryl methyl sites for hydroxylation is 2. The number of hydrogen-bond donors (Lipinski definition) is 1. The summed E-state index contributed by atoms with van der Waals surface area (Å²) in [4.78, 5) is 30.0. The van der Waals surface area contributed by atoms with Crippen LogP contribution in [0.2, 0.25) is 0 Å². The number of aliphatic hydroxyl groups excluding tert-OH is 1. The van der Waals surface area contributed by atoms with Gasteiger partial charge >= 0.3 is 0 Å². The molecule has 6 nitrogen and oxygen atoms in total.